The van der Waals surface area contributed by atoms with Gasteiger partial charge in [0, 0.05) is 9.89 Å². The fourth-order valence-corrected chi connectivity index (χ4v) is 1.85. The summed E-state index contributed by atoms with van der Waals surface area (Å²) in [5, 5.41) is 13.9. The highest BCUT2D eigenvalue weighted by Gasteiger charge is 2.21. The van der Waals surface area contributed by atoms with Gasteiger partial charge in [0.05, 0.1) is 5.69 Å². The second-order valence-corrected chi connectivity index (χ2v) is 6.47. The average molecular weight is 349 g/mol. The quantitative estimate of drug-likeness (QED) is 0.880. The number of amides is 1. The van der Waals surface area contributed by atoms with Crippen molar-refractivity contribution in [3.63, 3.8) is 0 Å². The Morgan fingerprint density at radius 2 is 1.67 bits per heavy atom. The smallest absolute Gasteiger partial charge is 0.230 e. The summed E-state index contributed by atoms with van der Waals surface area (Å²) < 4.78 is 0.942. The predicted octanol–water partition coefficient (Wildman–Crippen LogP) is 3.97. The highest BCUT2D eigenvalue weighted by atomic mass is 79.9. The van der Waals surface area contributed by atoms with E-state index in [2.05, 4.69) is 36.8 Å². The summed E-state index contributed by atoms with van der Waals surface area (Å²) in [6, 6.07) is 11.2. The molecule has 0 unspecified atom stereocenters. The molecular formula is C15H17BrN4O. The normalized spacial score (nSPS) is 11.0. The number of carbonyl (C=O) groups is 1. The Bertz CT molecular complexity index is 635. The zero-order chi connectivity index (χ0) is 15.5. The van der Waals surface area contributed by atoms with Crippen LogP contribution in [0.2, 0.25) is 0 Å². The van der Waals surface area contributed by atoms with Gasteiger partial charge in [-0.05, 0) is 40.2 Å². The molecule has 0 spiro atoms. The molecule has 1 heterocycles. The number of para-hydroxylation sites is 1. The van der Waals surface area contributed by atoms with Crippen molar-refractivity contribution in [3.05, 3.63) is 40.9 Å². The average Bonchev–Trinajstić information content (AvgIpc) is 2.42. The van der Waals surface area contributed by atoms with E-state index in [1.54, 1.807) is 12.1 Å². The van der Waals surface area contributed by atoms with Gasteiger partial charge in [-0.1, -0.05) is 32.9 Å². The lowest BCUT2D eigenvalue weighted by atomic mass is 9.96. The molecule has 1 amide bonds. The van der Waals surface area contributed by atoms with Gasteiger partial charge in [0.15, 0.2) is 11.6 Å². The van der Waals surface area contributed by atoms with Gasteiger partial charge < -0.3 is 10.6 Å². The van der Waals surface area contributed by atoms with E-state index >= 15 is 0 Å². The molecule has 6 heteroatoms. The number of halogens is 1. The number of anilines is 3. The second kappa shape index (κ2) is 6.22. The summed E-state index contributed by atoms with van der Waals surface area (Å²) in [7, 11) is 0. The van der Waals surface area contributed by atoms with Gasteiger partial charge in [0.25, 0.3) is 0 Å². The maximum Gasteiger partial charge on any atom is 0.230 e. The zero-order valence-corrected chi connectivity index (χ0v) is 13.7. The Kier molecular flexibility index (Phi) is 4.57. The molecule has 0 saturated carbocycles. The summed E-state index contributed by atoms with van der Waals surface area (Å²) in [6.45, 7) is 5.54. The summed E-state index contributed by atoms with van der Waals surface area (Å²) in [4.78, 5) is 11.9. The Labute approximate surface area is 132 Å². The monoisotopic (exact) mass is 348 g/mol. The van der Waals surface area contributed by atoms with E-state index in [1.807, 2.05) is 45.0 Å². The van der Waals surface area contributed by atoms with Gasteiger partial charge in [-0.2, -0.15) is 0 Å². The molecule has 2 rings (SSSR count). The summed E-state index contributed by atoms with van der Waals surface area (Å²) in [5.74, 6) is 0.951. The Morgan fingerprint density at radius 1 is 1.05 bits per heavy atom. The highest BCUT2D eigenvalue weighted by molar-refractivity contribution is 9.10. The van der Waals surface area contributed by atoms with Gasteiger partial charge >= 0.3 is 0 Å². The number of hydrogen-bond acceptors (Lipinski definition) is 4. The van der Waals surface area contributed by atoms with Crippen molar-refractivity contribution in [3.8, 4) is 0 Å². The minimum absolute atomic E-state index is 0.0942. The first-order valence-electron chi connectivity index (χ1n) is 6.53. The van der Waals surface area contributed by atoms with Crippen LogP contribution in [0.15, 0.2) is 40.9 Å². The molecule has 0 bridgehead atoms. The third-order valence-corrected chi connectivity index (χ3v) is 3.42. The van der Waals surface area contributed by atoms with Crippen molar-refractivity contribution in [1.82, 2.24) is 10.2 Å². The van der Waals surface area contributed by atoms with Crippen LogP contribution in [0.25, 0.3) is 0 Å². The summed E-state index contributed by atoms with van der Waals surface area (Å²) in [5.41, 5.74) is 0.436. The molecule has 2 aromatic rings. The van der Waals surface area contributed by atoms with Crippen LogP contribution in [0.1, 0.15) is 20.8 Å². The molecule has 21 heavy (non-hydrogen) atoms. The number of hydrogen-bond donors (Lipinski definition) is 2. The molecule has 2 N–H and O–H groups in total. The number of nitrogens with one attached hydrogen (secondary N) is 2. The van der Waals surface area contributed by atoms with Crippen molar-refractivity contribution in [2.75, 3.05) is 10.6 Å². The number of aromatic nitrogens is 2. The van der Waals surface area contributed by atoms with Crippen molar-refractivity contribution in [1.29, 1.82) is 0 Å². The first-order chi connectivity index (χ1) is 9.86. The van der Waals surface area contributed by atoms with E-state index in [-0.39, 0.29) is 5.91 Å². The van der Waals surface area contributed by atoms with Crippen LogP contribution >= 0.6 is 15.9 Å². The predicted molar refractivity (Wildman–Crippen MR) is 87.5 cm³/mol. The van der Waals surface area contributed by atoms with Crippen LogP contribution in [0.3, 0.4) is 0 Å². The lowest BCUT2D eigenvalue weighted by molar-refractivity contribution is -0.123. The summed E-state index contributed by atoms with van der Waals surface area (Å²) >= 11 is 3.46. The number of rotatable bonds is 3. The third kappa shape index (κ3) is 4.26. The maximum atomic E-state index is 11.9. The molecule has 0 fully saturated rings. The minimum Gasteiger partial charge on any atom is -0.338 e. The van der Waals surface area contributed by atoms with Gasteiger partial charge in [-0.25, -0.2) is 0 Å². The van der Waals surface area contributed by atoms with E-state index in [1.165, 1.54) is 0 Å². The topological polar surface area (TPSA) is 66.9 Å². The van der Waals surface area contributed by atoms with E-state index in [4.69, 9.17) is 0 Å². The van der Waals surface area contributed by atoms with Crippen molar-refractivity contribution in [2.24, 2.45) is 5.41 Å². The number of carbonyl (C=O) groups excluding carboxylic acids is 1. The van der Waals surface area contributed by atoms with E-state index in [9.17, 15) is 4.79 Å². The molecular weight excluding hydrogens is 332 g/mol. The third-order valence-electron chi connectivity index (χ3n) is 2.72. The molecule has 1 aromatic carbocycles. The van der Waals surface area contributed by atoms with Crippen LogP contribution in [-0.2, 0) is 4.79 Å². The molecule has 0 aliphatic heterocycles. The minimum atomic E-state index is -0.465. The number of benzene rings is 1. The van der Waals surface area contributed by atoms with E-state index in [0.717, 1.165) is 10.2 Å². The van der Waals surface area contributed by atoms with Crippen molar-refractivity contribution in [2.45, 2.75) is 20.8 Å². The molecule has 0 radical (unpaired) electrons. The fourth-order valence-electron chi connectivity index (χ4n) is 1.47. The van der Waals surface area contributed by atoms with E-state index < -0.39 is 5.41 Å². The van der Waals surface area contributed by atoms with Crippen LogP contribution < -0.4 is 10.6 Å². The lowest BCUT2D eigenvalue weighted by Gasteiger charge is -2.16. The van der Waals surface area contributed by atoms with Crippen molar-refractivity contribution < 1.29 is 4.79 Å². The SMILES string of the molecule is CC(C)(C)C(=O)Nc1ccc(Nc2ccccc2Br)nn1. The molecule has 1 aromatic heterocycles. The van der Waals surface area contributed by atoms with Crippen LogP contribution in [0, 0.1) is 5.41 Å². The van der Waals surface area contributed by atoms with E-state index in [0.29, 0.717) is 11.6 Å². The molecule has 5 nitrogen and oxygen atoms in total. The van der Waals surface area contributed by atoms with Gasteiger partial charge in [-0.3, -0.25) is 4.79 Å². The van der Waals surface area contributed by atoms with Crippen LogP contribution in [0.5, 0.6) is 0 Å². The maximum absolute atomic E-state index is 11.9. The first kappa shape index (κ1) is 15.4. The Morgan fingerprint density at radius 3 is 2.24 bits per heavy atom. The largest absolute Gasteiger partial charge is 0.338 e. The Balaban J connectivity index is 2.06. The molecule has 0 atom stereocenters. The Hall–Kier alpha value is -1.95. The molecule has 0 aliphatic rings. The highest BCUT2D eigenvalue weighted by Crippen LogP contribution is 2.24. The van der Waals surface area contributed by atoms with Crippen molar-refractivity contribution >= 4 is 39.2 Å². The second-order valence-electron chi connectivity index (χ2n) is 5.61. The van der Waals surface area contributed by atoms with Gasteiger partial charge in [0.1, 0.15) is 0 Å². The summed E-state index contributed by atoms with van der Waals surface area (Å²) in [6.07, 6.45) is 0. The lowest BCUT2D eigenvalue weighted by Crippen LogP contribution is -2.28. The molecule has 0 aliphatic carbocycles. The molecule has 0 saturated heterocycles. The van der Waals surface area contributed by atoms with Crippen LogP contribution in [0.4, 0.5) is 17.3 Å². The molecule has 110 valence electrons. The number of nitrogens with zero attached hydrogens (tertiary/aromatic N) is 2. The van der Waals surface area contributed by atoms with Crippen LogP contribution in [-0.4, -0.2) is 16.1 Å². The standard InChI is InChI=1S/C15H17BrN4O/c1-15(2,3)14(21)18-13-9-8-12(19-20-13)17-11-7-5-4-6-10(11)16/h4-9H,1-3H3,(H,17,19)(H,18,20,21). The van der Waals surface area contributed by atoms with Gasteiger partial charge in [0.2, 0.25) is 5.91 Å². The first-order valence-corrected chi connectivity index (χ1v) is 7.32. The fraction of sp³-hybridized carbons (Fsp3) is 0.267. The zero-order valence-electron chi connectivity index (χ0n) is 12.1. The van der Waals surface area contributed by atoms with Gasteiger partial charge in [-0.15, -0.1) is 10.2 Å².